The van der Waals surface area contributed by atoms with E-state index in [1.165, 1.54) is 11.3 Å². The van der Waals surface area contributed by atoms with Crippen LogP contribution in [0.4, 0.5) is 0 Å². The molecule has 72 valence electrons. The molecular formula is C11H16OS. The van der Waals surface area contributed by atoms with E-state index >= 15 is 0 Å². The van der Waals surface area contributed by atoms with Crippen LogP contribution in [-0.4, -0.2) is 12.9 Å². The fourth-order valence-corrected chi connectivity index (χ4v) is 1.41. The molecule has 0 aromatic heterocycles. The molecule has 1 aromatic carbocycles. The second kappa shape index (κ2) is 5.92. The molecular weight excluding hydrogens is 180 g/mol. The third-order valence-electron chi connectivity index (χ3n) is 1.83. The maximum Gasteiger partial charge on any atom is 0.119 e. The van der Waals surface area contributed by atoms with E-state index in [1.54, 1.807) is 11.8 Å². The summed E-state index contributed by atoms with van der Waals surface area (Å²) in [6.45, 7) is 3.00. The van der Waals surface area contributed by atoms with Crippen molar-refractivity contribution in [1.82, 2.24) is 0 Å². The molecule has 1 rings (SSSR count). The zero-order chi connectivity index (χ0) is 9.52. The molecule has 0 aliphatic carbocycles. The van der Waals surface area contributed by atoms with Crippen LogP contribution in [-0.2, 0) is 0 Å². The SMILES string of the molecule is CCCCOc1ccc(SC)cc1. The zero-order valence-electron chi connectivity index (χ0n) is 8.25. The molecule has 0 heterocycles. The lowest BCUT2D eigenvalue weighted by atomic mass is 10.3. The van der Waals surface area contributed by atoms with Gasteiger partial charge in [0.25, 0.3) is 0 Å². The van der Waals surface area contributed by atoms with Crippen LogP contribution in [0.2, 0.25) is 0 Å². The summed E-state index contributed by atoms with van der Waals surface area (Å²) >= 11 is 1.75. The van der Waals surface area contributed by atoms with Crippen LogP contribution in [0.3, 0.4) is 0 Å². The molecule has 0 radical (unpaired) electrons. The van der Waals surface area contributed by atoms with Crippen molar-refractivity contribution in [2.75, 3.05) is 12.9 Å². The minimum absolute atomic E-state index is 0.828. The first-order valence-electron chi connectivity index (χ1n) is 4.63. The Labute approximate surface area is 84.5 Å². The fraction of sp³-hybridized carbons (Fsp3) is 0.455. The normalized spacial score (nSPS) is 10.0. The largest absolute Gasteiger partial charge is 0.494 e. The summed E-state index contributed by atoms with van der Waals surface area (Å²) in [5, 5.41) is 0. The summed E-state index contributed by atoms with van der Waals surface area (Å²) < 4.78 is 5.54. The zero-order valence-corrected chi connectivity index (χ0v) is 9.06. The van der Waals surface area contributed by atoms with Crippen molar-refractivity contribution in [3.8, 4) is 5.75 Å². The summed E-state index contributed by atoms with van der Waals surface area (Å²) in [5.74, 6) is 0.978. The lowest BCUT2D eigenvalue weighted by Crippen LogP contribution is -1.95. The van der Waals surface area contributed by atoms with Gasteiger partial charge in [-0.2, -0.15) is 0 Å². The van der Waals surface area contributed by atoms with Crippen molar-refractivity contribution in [3.63, 3.8) is 0 Å². The van der Waals surface area contributed by atoms with Crippen molar-refractivity contribution in [2.45, 2.75) is 24.7 Å². The number of unbranched alkanes of at least 4 members (excludes halogenated alkanes) is 1. The van der Waals surface area contributed by atoms with Gasteiger partial charge in [-0.15, -0.1) is 11.8 Å². The second-order valence-corrected chi connectivity index (χ2v) is 3.76. The summed E-state index contributed by atoms with van der Waals surface area (Å²) in [6.07, 6.45) is 4.39. The maximum absolute atomic E-state index is 5.54. The van der Waals surface area contributed by atoms with Crippen LogP contribution in [0.1, 0.15) is 19.8 Å². The molecule has 0 saturated carbocycles. The van der Waals surface area contributed by atoms with E-state index in [4.69, 9.17) is 4.74 Å². The van der Waals surface area contributed by atoms with E-state index < -0.39 is 0 Å². The second-order valence-electron chi connectivity index (χ2n) is 2.88. The molecule has 0 atom stereocenters. The molecule has 0 fully saturated rings. The summed E-state index contributed by atoms with van der Waals surface area (Å²) in [4.78, 5) is 1.28. The van der Waals surface area contributed by atoms with Crippen molar-refractivity contribution < 1.29 is 4.74 Å². The van der Waals surface area contributed by atoms with E-state index in [0.717, 1.165) is 18.8 Å². The van der Waals surface area contributed by atoms with E-state index in [1.807, 2.05) is 12.1 Å². The van der Waals surface area contributed by atoms with Gasteiger partial charge >= 0.3 is 0 Å². The molecule has 2 heteroatoms. The van der Waals surface area contributed by atoms with Crippen LogP contribution < -0.4 is 4.74 Å². The quantitative estimate of drug-likeness (QED) is 0.526. The Kier molecular flexibility index (Phi) is 4.76. The highest BCUT2D eigenvalue weighted by Crippen LogP contribution is 2.18. The van der Waals surface area contributed by atoms with Gasteiger partial charge in [0, 0.05) is 4.90 Å². The van der Waals surface area contributed by atoms with Crippen LogP contribution >= 0.6 is 11.8 Å². The summed E-state index contributed by atoms with van der Waals surface area (Å²) in [6, 6.07) is 8.24. The van der Waals surface area contributed by atoms with Crippen LogP contribution in [0.25, 0.3) is 0 Å². The molecule has 0 spiro atoms. The Balaban J connectivity index is 2.40. The number of rotatable bonds is 5. The van der Waals surface area contributed by atoms with Gasteiger partial charge in [0.2, 0.25) is 0 Å². The predicted molar refractivity (Wildman–Crippen MR) is 58.6 cm³/mol. The predicted octanol–water partition coefficient (Wildman–Crippen LogP) is 3.59. The third kappa shape index (κ3) is 3.73. The number of thioether (sulfide) groups is 1. The Hall–Kier alpha value is -0.630. The monoisotopic (exact) mass is 196 g/mol. The van der Waals surface area contributed by atoms with Gasteiger partial charge in [-0.3, -0.25) is 0 Å². The minimum atomic E-state index is 0.828. The van der Waals surface area contributed by atoms with E-state index in [2.05, 4.69) is 25.3 Å². The van der Waals surface area contributed by atoms with Crippen molar-refractivity contribution >= 4 is 11.8 Å². The number of benzene rings is 1. The Bertz CT molecular complexity index is 230. The molecule has 0 bridgehead atoms. The van der Waals surface area contributed by atoms with Crippen molar-refractivity contribution in [3.05, 3.63) is 24.3 Å². The lowest BCUT2D eigenvalue weighted by molar-refractivity contribution is 0.309. The molecule has 0 unspecified atom stereocenters. The van der Waals surface area contributed by atoms with Crippen LogP contribution in [0, 0.1) is 0 Å². The van der Waals surface area contributed by atoms with Gasteiger partial charge in [0.1, 0.15) is 5.75 Å². The number of hydrogen-bond acceptors (Lipinski definition) is 2. The van der Waals surface area contributed by atoms with Gasteiger partial charge < -0.3 is 4.74 Å². The van der Waals surface area contributed by atoms with Gasteiger partial charge in [0.05, 0.1) is 6.61 Å². The van der Waals surface area contributed by atoms with Crippen molar-refractivity contribution in [2.24, 2.45) is 0 Å². The van der Waals surface area contributed by atoms with E-state index in [9.17, 15) is 0 Å². The standard InChI is InChI=1S/C11H16OS/c1-3-4-9-12-10-5-7-11(13-2)8-6-10/h5-8H,3-4,9H2,1-2H3. The van der Waals surface area contributed by atoms with Gasteiger partial charge in [-0.1, -0.05) is 13.3 Å². The number of ether oxygens (including phenoxy) is 1. The highest BCUT2D eigenvalue weighted by molar-refractivity contribution is 7.98. The number of hydrogen-bond donors (Lipinski definition) is 0. The summed E-state index contributed by atoms with van der Waals surface area (Å²) in [7, 11) is 0. The third-order valence-corrected chi connectivity index (χ3v) is 2.57. The van der Waals surface area contributed by atoms with Gasteiger partial charge in [0.15, 0.2) is 0 Å². The average Bonchev–Trinajstić information content (AvgIpc) is 2.19. The smallest absolute Gasteiger partial charge is 0.119 e. The highest BCUT2D eigenvalue weighted by atomic mass is 32.2. The molecule has 0 aliphatic rings. The fourth-order valence-electron chi connectivity index (χ4n) is 1.01. The van der Waals surface area contributed by atoms with Gasteiger partial charge in [-0.05, 0) is 36.9 Å². The van der Waals surface area contributed by atoms with Crippen molar-refractivity contribution in [1.29, 1.82) is 0 Å². The molecule has 13 heavy (non-hydrogen) atoms. The van der Waals surface area contributed by atoms with Crippen LogP contribution in [0.15, 0.2) is 29.2 Å². The molecule has 0 aliphatic heterocycles. The molecule has 0 N–H and O–H groups in total. The highest BCUT2D eigenvalue weighted by Gasteiger charge is 1.93. The molecule has 0 saturated heterocycles. The molecule has 1 nitrogen and oxygen atoms in total. The van der Waals surface area contributed by atoms with Crippen LogP contribution in [0.5, 0.6) is 5.75 Å². The minimum Gasteiger partial charge on any atom is -0.494 e. The first-order valence-corrected chi connectivity index (χ1v) is 5.86. The lowest BCUT2D eigenvalue weighted by Gasteiger charge is -2.05. The first kappa shape index (κ1) is 10.5. The Morgan fingerprint density at radius 2 is 1.92 bits per heavy atom. The average molecular weight is 196 g/mol. The van der Waals surface area contributed by atoms with E-state index in [0.29, 0.717) is 0 Å². The van der Waals surface area contributed by atoms with Gasteiger partial charge in [-0.25, -0.2) is 0 Å². The Morgan fingerprint density at radius 1 is 1.23 bits per heavy atom. The molecule has 0 amide bonds. The topological polar surface area (TPSA) is 9.23 Å². The Morgan fingerprint density at radius 3 is 2.46 bits per heavy atom. The summed E-state index contributed by atoms with van der Waals surface area (Å²) in [5.41, 5.74) is 0. The first-order chi connectivity index (χ1) is 6.36. The molecule has 1 aromatic rings. The van der Waals surface area contributed by atoms with E-state index in [-0.39, 0.29) is 0 Å². The maximum atomic E-state index is 5.54.